The lowest BCUT2D eigenvalue weighted by molar-refractivity contribution is -0.166. The van der Waals surface area contributed by atoms with Gasteiger partial charge in [0.15, 0.2) is 11.6 Å². The number of carbonyl (C=O) groups excluding carboxylic acids is 2. The molecule has 0 aromatic rings. The molecule has 0 saturated carbocycles. The van der Waals surface area contributed by atoms with Crippen molar-refractivity contribution in [3.8, 4) is 0 Å². The second kappa shape index (κ2) is 28.1. The van der Waals surface area contributed by atoms with E-state index in [1.54, 1.807) is 0 Å². The fourth-order valence-corrected chi connectivity index (χ4v) is 5.35. The number of aliphatic hydroxyl groups is 3. The molecule has 0 amide bonds. The van der Waals surface area contributed by atoms with Crippen molar-refractivity contribution >= 4 is 11.6 Å². The van der Waals surface area contributed by atoms with E-state index in [1.807, 2.05) is 0 Å². The summed E-state index contributed by atoms with van der Waals surface area (Å²) in [5.74, 6) is -1.30. The molecule has 0 aromatic heterocycles. The van der Waals surface area contributed by atoms with Gasteiger partial charge < -0.3 is 15.3 Å². The average molecular weight is 567 g/mol. The second-order valence-electron chi connectivity index (χ2n) is 11.9. The van der Waals surface area contributed by atoms with E-state index in [0.29, 0.717) is 12.8 Å². The first-order valence-electron chi connectivity index (χ1n) is 17.2. The standard InChI is InChI=1S/C35H66O5/c1-3-5-7-9-11-13-15-16-17-18-20-22-24-26-28-30-33(38)35(40,34(39)31-36)32(37)29-27-25-23-21-19-14-12-10-8-6-4-2/h16-17,34,36,39-40H,3-15,18-31H2,1-2H3/b17-16-/t34-,35-/m0/s1. The molecular weight excluding hydrogens is 500 g/mol. The molecule has 3 N–H and O–H groups in total. The van der Waals surface area contributed by atoms with E-state index in [2.05, 4.69) is 26.0 Å². The summed E-state index contributed by atoms with van der Waals surface area (Å²) in [6.07, 6.45) is 30.5. The van der Waals surface area contributed by atoms with Gasteiger partial charge in [-0.3, -0.25) is 9.59 Å². The fourth-order valence-electron chi connectivity index (χ4n) is 5.35. The quantitative estimate of drug-likeness (QED) is 0.0442. The van der Waals surface area contributed by atoms with Crippen LogP contribution in [0.2, 0.25) is 0 Å². The van der Waals surface area contributed by atoms with E-state index < -0.39 is 29.9 Å². The largest absolute Gasteiger partial charge is 0.394 e. The summed E-state index contributed by atoms with van der Waals surface area (Å²) in [4.78, 5) is 25.6. The molecule has 0 aliphatic heterocycles. The summed E-state index contributed by atoms with van der Waals surface area (Å²) in [6, 6.07) is 0. The highest BCUT2D eigenvalue weighted by Crippen LogP contribution is 2.22. The Kier molecular flexibility index (Phi) is 27.4. The summed E-state index contributed by atoms with van der Waals surface area (Å²) in [5, 5.41) is 30.5. The molecule has 0 aliphatic rings. The summed E-state index contributed by atoms with van der Waals surface area (Å²) >= 11 is 0. The molecule has 0 fully saturated rings. The van der Waals surface area contributed by atoms with Crippen molar-refractivity contribution in [3.05, 3.63) is 12.2 Å². The van der Waals surface area contributed by atoms with E-state index in [4.69, 9.17) is 0 Å². The molecule has 0 saturated heterocycles. The van der Waals surface area contributed by atoms with Crippen LogP contribution in [0.4, 0.5) is 0 Å². The summed E-state index contributed by atoms with van der Waals surface area (Å²) in [7, 11) is 0. The monoisotopic (exact) mass is 566 g/mol. The van der Waals surface area contributed by atoms with Gasteiger partial charge in [-0.15, -0.1) is 0 Å². The van der Waals surface area contributed by atoms with Gasteiger partial charge in [-0.1, -0.05) is 142 Å². The van der Waals surface area contributed by atoms with Gasteiger partial charge in [0.2, 0.25) is 5.60 Å². The van der Waals surface area contributed by atoms with Gasteiger partial charge >= 0.3 is 0 Å². The molecule has 0 rings (SSSR count). The maximum atomic E-state index is 12.8. The minimum absolute atomic E-state index is 0.0513. The Labute approximate surface area is 247 Å². The van der Waals surface area contributed by atoms with Gasteiger partial charge in [0.25, 0.3) is 0 Å². The van der Waals surface area contributed by atoms with Crippen molar-refractivity contribution in [1.29, 1.82) is 0 Å². The van der Waals surface area contributed by atoms with Crippen LogP contribution in [0.3, 0.4) is 0 Å². The lowest BCUT2D eigenvalue weighted by Crippen LogP contribution is -2.57. The predicted molar refractivity (Wildman–Crippen MR) is 169 cm³/mol. The van der Waals surface area contributed by atoms with Crippen LogP contribution in [0, 0.1) is 0 Å². The maximum absolute atomic E-state index is 12.8. The lowest BCUT2D eigenvalue weighted by Gasteiger charge is -2.29. The van der Waals surface area contributed by atoms with E-state index in [1.165, 1.54) is 89.9 Å². The first-order valence-corrected chi connectivity index (χ1v) is 17.2. The highest BCUT2D eigenvalue weighted by Gasteiger charge is 2.48. The predicted octanol–water partition coefficient (Wildman–Crippen LogP) is 8.95. The Morgan fingerprint density at radius 2 is 0.850 bits per heavy atom. The van der Waals surface area contributed by atoms with Crippen molar-refractivity contribution in [2.24, 2.45) is 0 Å². The molecule has 0 aliphatic carbocycles. The minimum atomic E-state index is -2.48. The van der Waals surface area contributed by atoms with E-state index >= 15 is 0 Å². The topological polar surface area (TPSA) is 94.8 Å². The van der Waals surface area contributed by atoms with Crippen LogP contribution in [0.1, 0.15) is 181 Å². The first kappa shape index (κ1) is 39.0. The molecule has 236 valence electrons. The smallest absolute Gasteiger partial charge is 0.209 e. The maximum Gasteiger partial charge on any atom is 0.209 e. The van der Waals surface area contributed by atoms with E-state index in [9.17, 15) is 24.9 Å². The zero-order chi connectivity index (χ0) is 29.7. The molecule has 5 nitrogen and oxygen atoms in total. The molecule has 0 unspecified atom stereocenters. The molecular formula is C35H66O5. The van der Waals surface area contributed by atoms with Crippen LogP contribution in [0.15, 0.2) is 12.2 Å². The van der Waals surface area contributed by atoms with Crippen LogP contribution in [-0.4, -0.2) is 45.2 Å². The fraction of sp³-hybridized carbons (Fsp3) is 0.886. The number of allylic oxidation sites excluding steroid dienone is 2. The molecule has 0 heterocycles. The van der Waals surface area contributed by atoms with Crippen LogP contribution >= 0.6 is 0 Å². The number of Topliss-reactive ketones (excluding diaryl/α,β-unsaturated/α-hetero) is 2. The zero-order valence-corrected chi connectivity index (χ0v) is 26.5. The van der Waals surface area contributed by atoms with Crippen molar-refractivity contribution in [2.75, 3.05) is 6.61 Å². The summed E-state index contributed by atoms with van der Waals surface area (Å²) in [6.45, 7) is 3.67. The summed E-state index contributed by atoms with van der Waals surface area (Å²) < 4.78 is 0. The molecule has 0 radical (unpaired) electrons. The van der Waals surface area contributed by atoms with Crippen molar-refractivity contribution in [3.63, 3.8) is 0 Å². The van der Waals surface area contributed by atoms with Crippen molar-refractivity contribution in [2.45, 2.75) is 192 Å². The molecule has 40 heavy (non-hydrogen) atoms. The van der Waals surface area contributed by atoms with E-state index in [0.717, 1.165) is 51.4 Å². The third kappa shape index (κ3) is 19.9. The number of rotatable bonds is 31. The number of carbonyl (C=O) groups is 2. The van der Waals surface area contributed by atoms with Gasteiger partial charge in [-0.25, -0.2) is 0 Å². The van der Waals surface area contributed by atoms with Gasteiger partial charge in [-0.05, 0) is 38.5 Å². The van der Waals surface area contributed by atoms with Crippen LogP contribution in [0.25, 0.3) is 0 Å². The van der Waals surface area contributed by atoms with Crippen LogP contribution in [-0.2, 0) is 9.59 Å². The average Bonchev–Trinajstić information content (AvgIpc) is 2.96. The van der Waals surface area contributed by atoms with E-state index in [-0.39, 0.29) is 12.8 Å². The molecule has 5 heteroatoms. The molecule has 0 aromatic carbocycles. The Balaban J connectivity index is 4.04. The molecule has 0 bridgehead atoms. The number of unbranched alkanes of at least 4 members (excludes halogenated alkanes) is 21. The summed E-state index contributed by atoms with van der Waals surface area (Å²) in [5.41, 5.74) is -2.48. The number of ketones is 2. The zero-order valence-electron chi connectivity index (χ0n) is 26.5. The van der Waals surface area contributed by atoms with Crippen LogP contribution in [0.5, 0.6) is 0 Å². The lowest BCUT2D eigenvalue weighted by atomic mass is 9.82. The third-order valence-electron chi connectivity index (χ3n) is 8.18. The molecule has 0 spiro atoms. The Morgan fingerprint density at radius 1 is 0.550 bits per heavy atom. The minimum Gasteiger partial charge on any atom is -0.394 e. The highest BCUT2D eigenvalue weighted by atomic mass is 16.4. The van der Waals surface area contributed by atoms with Gasteiger partial charge in [-0.2, -0.15) is 0 Å². The Morgan fingerprint density at radius 3 is 1.18 bits per heavy atom. The van der Waals surface area contributed by atoms with Gasteiger partial charge in [0, 0.05) is 12.8 Å². The highest BCUT2D eigenvalue weighted by molar-refractivity contribution is 6.10. The number of aliphatic hydroxyl groups excluding tert-OH is 2. The first-order chi connectivity index (χ1) is 19.4. The second-order valence-corrected chi connectivity index (χ2v) is 11.9. The van der Waals surface area contributed by atoms with Gasteiger partial charge in [0.05, 0.1) is 6.61 Å². The number of hydrogen-bond acceptors (Lipinski definition) is 5. The Bertz CT molecular complexity index is 617. The van der Waals surface area contributed by atoms with Crippen molar-refractivity contribution < 1.29 is 24.9 Å². The Hall–Kier alpha value is -1.04. The van der Waals surface area contributed by atoms with Gasteiger partial charge in [0.1, 0.15) is 6.10 Å². The SMILES string of the molecule is CCCCCCCC/C=C\CCCCCCCC(=O)[C@@](O)(C(=O)CCCCCCCCCCCCC)[C@@H](O)CO. The van der Waals surface area contributed by atoms with Crippen molar-refractivity contribution in [1.82, 2.24) is 0 Å². The van der Waals surface area contributed by atoms with Crippen LogP contribution < -0.4 is 0 Å². The molecule has 2 atom stereocenters. The number of hydrogen-bond donors (Lipinski definition) is 3. The normalized spacial score (nSPS) is 14.0. The third-order valence-corrected chi connectivity index (χ3v) is 8.18.